The van der Waals surface area contributed by atoms with Gasteiger partial charge in [-0.2, -0.15) is 0 Å². The van der Waals surface area contributed by atoms with Crippen LogP contribution in [-0.4, -0.2) is 12.6 Å². The summed E-state index contributed by atoms with van der Waals surface area (Å²) in [5.74, 6) is 3.31. The zero-order valence-electron chi connectivity index (χ0n) is 23.0. The molecule has 3 heteroatoms. The van der Waals surface area contributed by atoms with Gasteiger partial charge in [0.15, 0.2) is 0 Å². The van der Waals surface area contributed by atoms with Gasteiger partial charge in [-0.3, -0.25) is 0 Å². The van der Waals surface area contributed by atoms with Crippen LogP contribution in [-0.2, 0) is 6.42 Å². The van der Waals surface area contributed by atoms with Crippen molar-refractivity contribution in [3.8, 4) is 11.5 Å². The third kappa shape index (κ3) is 9.99. The first-order valence-electron chi connectivity index (χ1n) is 14.6. The minimum atomic E-state index is -0.333. The second-order valence-corrected chi connectivity index (χ2v) is 11.0. The van der Waals surface area contributed by atoms with Gasteiger partial charge < -0.3 is 9.47 Å². The van der Waals surface area contributed by atoms with Crippen LogP contribution in [0.1, 0.15) is 114 Å². The van der Waals surface area contributed by atoms with E-state index >= 15 is 0 Å². The van der Waals surface area contributed by atoms with Crippen molar-refractivity contribution < 1.29 is 14.3 Å². The fraction of sp³-hybridized carbons (Fsp3) is 0.606. The van der Waals surface area contributed by atoms with Crippen molar-refractivity contribution >= 4 is 5.97 Å². The molecule has 0 aromatic heterocycles. The summed E-state index contributed by atoms with van der Waals surface area (Å²) in [4.78, 5) is 12.5. The highest BCUT2D eigenvalue weighted by Crippen LogP contribution is 2.32. The van der Waals surface area contributed by atoms with Gasteiger partial charge in [-0.25, -0.2) is 4.79 Å². The maximum Gasteiger partial charge on any atom is 0.343 e. The number of carbonyl (C=O) groups is 1. The molecule has 2 aromatic carbocycles. The number of benzene rings is 2. The van der Waals surface area contributed by atoms with E-state index < -0.39 is 0 Å². The monoisotopic (exact) mass is 492 g/mol. The summed E-state index contributed by atoms with van der Waals surface area (Å²) in [7, 11) is 0. The molecule has 1 aliphatic rings. The molecule has 2 aromatic rings. The van der Waals surface area contributed by atoms with Crippen molar-refractivity contribution in [3.63, 3.8) is 0 Å². The lowest BCUT2D eigenvalue weighted by atomic mass is 9.80. The van der Waals surface area contributed by atoms with E-state index in [1.807, 2.05) is 36.4 Å². The number of rotatable bonds is 15. The summed E-state index contributed by atoms with van der Waals surface area (Å²) in [5.41, 5.74) is 1.82. The minimum absolute atomic E-state index is 0.333. The lowest BCUT2D eigenvalue weighted by Crippen LogP contribution is -2.20. The smallest absolute Gasteiger partial charge is 0.343 e. The summed E-state index contributed by atoms with van der Waals surface area (Å²) in [5, 5.41) is 0. The van der Waals surface area contributed by atoms with Crippen molar-refractivity contribution in [1.29, 1.82) is 0 Å². The summed E-state index contributed by atoms with van der Waals surface area (Å²) < 4.78 is 11.6. The Labute approximate surface area is 220 Å². The Hall–Kier alpha value is -2.29. The molecule has 3 rings (SSSR count). The van der Waals surface area contributed by atoms with Crippen LogP contribution in [0.15, 0.2) is 48.5 Å². The van der Waals surface area contributed by atoms with E-state index in [0.29, 0.717) is 23.1 Å². The zero-order valence-corrected chi connectivity index (χ0v) is 23.0. The summed E-state index contributed by atoms with van der Waals surface area (Å²) >= 11 is 0. The van der Waals surface area contributed by atoms with Crippen LogP contribution in [0, 0.1) is 17.8 Å². The van der Waals surface area contributed by atoms with Crippen LogP contribution in [0.3, 0.4) is 0 Å². The van der Waals surface area contributed by atoms with Gasteiger partial charge in [0.1, 0.15) is 11.5 Å². The molecule has 0 aliphatic heterocycles. The molecule has 36 heavy (non-hydrogen) atoms. The van der Waals surface area contributed by atoms with Crippen LogP contribution in [0.2, 0.25) is 0 Å². The Morgan fingerprint density at radius 2 is 1.42 bits per heavy atom. The van der Waals surface area contributed by atoms with Gasteiger partial charge in [0, 0.05) is 0 Å². The predicted octanol–water partition coefficient (Wildman–Crippen LogP) is 9.43. The molecule has 0 saturated heterocycles. The van der Waals surface area contributed by atoms with Crippen LogP contribution < -0.4 is 9.47 Å². The van der Waals surface area contributed by atoms with Gasteiger partial charge in [0.05, 0.1) is 12.2 Å². The fourth-order valence-corrected chi connectivity index (χ4v) is 5.21. The fourth-order valence-electron chi connectivity index (χ4n) is 5.21. The number of carbonyl (C=O) groups excluding carboxylic acids is 1. The molecule has 0 N–H and O–H groups in total. The molecule has 1 atom stereocenters. The Morgan fingerprint density at radius 3 is 2.08 bits per heavy atom. The molecular formula is C33H48O3. The largest absolute Gasteiger partial charge is 0.493 e. The van der Waals surface area contributed by atoms with Crippen LogP contribution in [0.4, 0.5) is 0 Å². The van der Waals surface area contributed by atoms with Gasteiger partial charge in [0.25, 0.3) is 0 Å². The predicted molar refractivity (Wildman–Crippen MR) is 150 cm³/mol. The number of unbranched alkanes of at least 4 members (excludes halogenated alkanes) is 5. The Balaban J connectivity index is 1.34. The van der Waals surface area contributed by atoms with Crippen LogP contribution >= 0.6 is 0 Å². The second kappa shape index (κ2) is 15.7. The van der Waals surface area contributed by atoms with E-state index in [-0.39, 0.29) is 5.97 Å². The quantitative estimate of drug-likeness (QED) is 0.141. The molecule has 0 amide bonds. The normalized spacial score (nSPS) is 18.5. The molecule has 0 heterocycles. The van der Waals surface area contributed by atoms with E-state index in [0.717, 1.165) is 31.1 Å². The van der Waals surface area contributed by atoms with E-state index in [1.165, 1.54) is 76.2 Å². The maximum atomic E-state index is 12.5. The van der Waals surface area contributed by atoms with Crippen LogP contribution in [0.25, 0.3) is 0 Å². The first-order valence-corrected chi connectivity index (χ1v) is 14.6. The van der Waals surface area contributed by atoms with E-state index in [1.54, 1.807) is 12.1 Å². The molecule has 3 nitrogen and oxygen atoms in total. The van der Waals surface area contributed by atoms with Gasteiger partial charge in [-0.1, -0.05) is 97.1 Å². The molecule has 1 aliphatic carbocycles. The molecule has 1 unspecified atom stereocenters. The van der Waals surface area contributed by atoms with Crippen molar-refractivity contribution in [1.82, 2.24) is 0 Å². The van der Waals surface area contributed by atoms with E-state index in [9.17, 15) is 4.79 Å². The summed E-state index contributed by atoms with van der Waals surface area (Å²) in [6.07, 6.45) is 17.3. The molecule has 0 radical (unpaired) electrons. The highest BCUT2D eigenvalue weighted by Gasteiger charge is 2.21. The number of hydrogen-bond donors (Lipinski definition) is 0. The average molecular weight is 493 g/mol. The highest BCUT2D eigenvalue weighted by atomic mass is 16.5. The van der Waals surface area contributed by atoms with Crippen molar-refractivity contribution in [3.05, 3.63) is 59.7 Å². The number of hydrogen-bond acceptors (Lipinski definition) is 3. The Morgan fingerprint density at radius 1 is 0.806 bits per heavy atom. The van der Waals surface area contributed by atoms with Gasteiger partial charge >= 0.3 is 5.97 Å². The van der Waals surface area contributed by atoms with Crippen molar-refractivity contribution in [2.24, 2.45) is 17.8 Å². The third-order valence-corrected chi connectivity index (χ3v) is 7.92. The number of ether oxygens (including phenoxy) is 2. The summed E-state index contributed by atoms with van der Waals surface area (Å²) in [6, 6.07) is 15.2. The van der Waals surface area contributed by atoms with E-state index in [4.69, 9.17) is 9.47 Å². The molecule has 1 saturated carbocycles. The second-order valence-electron chi connectivity index (χ2n) is 11.0. The molecule has 0 spiro atoms. The topological polar surface area (TPSA) is 35.5 Å². The lowest BCUT2D eigenvalue weighted by molar-refractivity contribution is 0.0734. The molecule has 198 valence electrons. The molecule has 1 fully saturated rings. The van der Waals surface area contributed by atoms with Gasteiger partial charge in [-0.05, 0) is 79.0 Å². The Kier molecular flexibility index (Phi) is 12.4. The maximum absolute atomic E-state index is 12.5. The molecule has 0 bridgehead atoms. The SMILES string of the molecule is CCCCCCCCC1CCC(COc2ccc(C(=O)Oc3ccc(CC(C)CC)cc3)cc2)CC1. The van der Waals surface area contributed by atoms with Crippen molar-refractivity contribution in [2.75, 3.05) is 6.61 Å². The van der Waals surface area contributed by atoms with Crippen molar-refractivity contribution in [2.45, 2.75) is 104 Å². The van der Waals surface area contributed by atoms with Gasteiger partial charge in [-0.15, -0.1) is 0 Å². The zero-order chi connectivity index (χ0) is 25.6. The standard InChI is InChI=1S/C33H48O3/c1-4-6-7-8-9-10-11-27-12-14-29(15-13-27)25-35-31-22-18-30(19-23-31)33(34)36-32-20-16-28(17-21-32)24-26(3)5-2/h16-23,26-27,29H,4-15,24-25H2,1-3H3. The van der Waals surface area contributed by atoms with E-state index in [2.05, 4.69) is 20.8 Å². The lowest BCUT2D eigenvalue weighted by Gasteiger charge is -2.28. The van der Waals surface area contributed by atoms with Gasteiger partial charge in [0.2, 0.25) is 0 Å². The highest BCUT2D eigenvalue weighted by molar-refractivity contribution is 5.91. The Bertz CT molecular complexity index is 863. The molecular weight excluding hydrogens is 444 g/mol. The van der Waals surface area contributed by atoms with Crippen LogP contribution in [0.5, 0.6) is 11.5 Å². The third-order valence-electron chi connectivity index (χ3n) is 7.92. The first kappa shape index (κ1) is 28.3. The number of esters is 1. The minimum Gasteiger partial charge on any atom is -0.493 e. The summed E-state index contributed by atoms with van der Waals surface area (Å²) in [6.45, 7) is 7.52. The average Bonchev–Trinajstić information content (AvgIpc) is 2.91. The first-order chi connectivity index (χ1) is 17.6.